The van der Waals surface area contributed by atoms with Gasteiger partial charge in [0.1, 0.15) is 6.04 Å². The number of hydrogen-bond acceptors (Lipinski definition) is 3. The van der Waals surface area contributed by atoms with Crippen LogP contribution in [0.1, 0.15) is 11.6 Å². The van der Waals surface area contributed by atoms with Gasteiger partial charge in [-0.15, -0.1) is 0 Å². The number of phenols is 1. The molecule has 1 aromatic rings. The highest BCUT2D eigenvalue weighted by molar-refractivity contribution is 9.10. The maximum absolute atomic E-state index is 12.9. The van der Waals surface area contributed by atoms with E-state index in [2.05, 4.69) is 15.9 Å². The van der Waals surface area contributed by atoms with E-state index in [1.807, 2.05) is 0 Å². The highest BCUT2D eigenvalue weighted by atomic mass is 79.9. The van der Waals surface area contributed by atoms with Crippen molar-refractivity contribution in [3.8, 4) is 5.75 Å². The fourth-order valence-corrected chi connectivity index (χ4v) is 1.36. The standard InChI is InChI=1S/C8H7BrFNO3/c9-4-1-3(6(11)8(13)14)2-5(10)7(4)12/h1-2,6,12H,11H2,(H,13,14). The van der Waals surface area contributed by atoms with Gasteiger partial charge in [-0.1, -0.05) is 0 Å². The smallest absolute Gasteiger partial charge is 0.325 e. The molecule has 0 heterocycles. The molecule has 1 atom stereocenters. The Hall–Kier alpha value is -1.14. The first-order valence-electron chi connectivity index (χ1n) is 3.59. The monoisotopic (exact) mass is 263 g/mol. The van der Waals surface area contributed by atoms with Crippen LogP contribution in [0.15, 0.2) is 16.6 Å². The Morgan fingerprint density at radius 2 is 2.14 bits per heavy atom. The minimum Gasteiger partial charge on any atom is -0.504 e. The van der Waals surface area contributed by atoms with Gasteiger partial charge in [-0.3, -0.25) is 4.79 Å². The predicted octanol–water partition coefficient (Wildman–Crippen LogP) is 1.38. The van der Waals surface area contributed by atoms with E-state index in [1.165, 1.54) is 6.07 Å². The summed E-state index contributed by atoms with van der Waals surface area (Å²) in [6.07, 6.45) is 0. The first kappa shape index (κ1) is 10.9. The number of hydrogen-bond donors (Lipinski definition) is 3. The maximum atomic E-state index is 12.9. The molecule has 76 valence electrons. The Kier molecular flexibility index (Phi) is 3.07. The summed E-state index contributed by atoms with van der Waals surface area (Å²) in [6, 6.07) is 0.845. The number of carbonyl (C=O) groups is 1. The van der Waals surface area contributed by atoms with Gasteiger partial charge >= 0.3 is 5.97 Å². The van der Waals surface area contributed by atoms with Crippen LogP contribution in [0.5, 0.6) is 5.75 Å². The lowest BCUT2D eigenvalue weighted by atomic mass is 10.1. The van der Waals surface area contributed by atoms with Crippen LogP contribution in [0.25, 0.3) is 0 Å². The van der Waals surface area contributed by atoms with Gasteiger partial charge in [0.05, 0.1) is 4.47 Å². The van der Waals surface area contributed by atoms with Crippen LogP contribution in [-0.2, 0) is 4.79 Å². The highest BCUT2D eigenvalue weighted by Gasteiger charge is 2.17. The largest absolute Gasteiger partial charge is 0.504 e. The van der Waals surface area contributed by atoms with E-state index >= 15 is 0 Å². The van der Waals surface area contributed by atoms with E-state index < -0.39 is 23.6 Å². The number of phenolic OH excluding ortho intramolecular Hbond substituents is 1. The van der Waals surface area contributed by atoms with E-state index in [4.69, 9.17) is 15.9 Å². The molecule has 1 rings (SSSR count). The zero-order valence-electron chi connectivity index (χ0n) is 6.87. The molecular formula is C8H7BrFNO3. The van der Waals surface area contributed by atoms with Gasteiger partial charge < -0.3 is 15.9 Å². The predicted molar refractivity (Wildman–Crippen MR) is 50.3 cm³/mol. The zero-order chi connectivity index (χ0) is 10.9. The molecule has 0 radical (unpaired) electrons. The van der Waals surface area contributed by atoms with E-state index in [1.54, 1.807) is 0 Å². The third-order valence-electron chi connectivity index (χ3n) is 1.66. The molecule has 0 aliphatic carbocycles. The molecule has 6 heteroatoms. The van der Waals surface area contributed by atoms with Crippen LogP contribution in [0.4, 0.5) is 4.39 Å². The molecule has 0 saturated heterocycles. The summed E-state index contributed by atoms with van der Waals surface area (Å²) in [4.78, 5) is 10.5. The summed E-state index contributed by atoms with van der Waals surface area (Å²) >= 11 is 2.88. The molecular weight excluding hydrogens is 257 g/mol. The third-order valence-corrected chi connectivity index (χ3v) is 2.27. The van der Waals surface area contributed by atoms with Crippen LogP contribution in [0, 0.1) is 5.82 Å². The molecule has 4 N–H and O–H groups in total. The number of rotatable bonds is 2. The second-order valence-electron chi connectivity index (χ2n) is 2.65. The Morgan fingerprint density at radius 1 is 1.57 bits per heavy atom. The second-order valence-corrected chi connectivity index (χ2v) is 3.50. The quantitative estimate of drug-likeness (QED) is 0.753. The van der Waals surface area contributed by atoms with E-state index in [0.717, 1.165) is 6.07 Å². The van der Waals surface area contributed by atoms with Gasteiger partial charge in [-0.05, 0) is 33.6 Å². The van der Waals surface area contributed by atoms with Crippen molar-refractivity contribution in [2.45, 2.75) is 6.04 Å². The third kappa shape index (κ3) is 2.02. The average molecular weight is 264 g/mol. The fourth-order valence-electron chi connectivity index (χ4n) is 0.907. The van der Waals surface area contributed by atoms with Gasteiger partial charge in [0, 0.05) is 0 Å². The summed E-state index contributed by atoms with van der Waals surface area (Å²) < 4.78 is 13.0. The zero-order valence-corrected chi connectivity index (χ0v) is 8.45. The van der Waals surface area contributed by atoms with Gasteiger partial charge in [-0.2, -0.15) is 0 Å². The number of carboxylic acids is 1. The SMILES string of the molecule is NC(C(=O)O)c1cc(F)c(O)c(Br)c1. The topological polar surface area (TPSA) is 83.6 Å². The molecule has 0 bridgehead atoms. The minimum absolute atomic E-state index is 0.0733. The molecule has 1 aromatic carbocycles. The highest BCUT2D eigenvalue weighted by Crippen LogP contribution is 2.29. The van der Waals surface area contributed by atoms with Crippen LogP contribution in [-0.4, -0.2) is 16.2 Å². The summed E-state index contributed by atoms with van der Waals surface area (Å²) in [6.45, 7) is 0. The van der Waals surface area contributed by atoms with Crippen molar-refractivity contribution >= 4 is 21.9 Å². The molecule has 4 nitrogen and oxygen atoms in total. The summed E-state index contributed by atoms with van der Waals surface area (Å²) in [5.74, 6) is -2.74. The Balaban J connectivity index is 3.19. The average Bonchev–Trinajstić information content (AvgIpc) is 2.12. The van der Waals surface area contributed by atoms with Crippen molar-refractivity contribution in [1.82, 2.24) is 0 Å². The maximum Gasteiger partial charge on any atom is 0.325 e. The first-order valence-corrected chi connectivity index (χ1v) is 4.39. The second kappa shape index (κ2) is 3.93. The summed E-state index contributed by atoms with van der Waals surface area (Å²) in [5.41, 5.74) is 5.34. The minimum atomic E-state index is -1.30. The number of aliphatic carboxylic acids is 1. The summed E-state index contributed by atoms with van der Waals surface area (Å²) in [7, 11) is 0. The van der Waals surface area contributed by atoms with Crippen LogP contribution < -0.4 is 5.73 Å². The van der Waals surface area contributed by atoms with E-state index in [9.17, 15) is 9.18 Å². The van der Waals surface area contributed by atoms with E-state index in [0.29, 0.717) is 0 Å². The molecule has 0 aliphatic heterocycles. The van der Waals surface area contributed by atoms with Crippen LogP contribution in [0.3, 0.4) is 0 Å². The van der Waals surface area contributed by atoms with Crippen molar-refractivity contribution in [2.24, 2.45) is 5.73 Å². The molecule has 0 spiro atoms. The van der Waals surface area contributed by atoms with Crippen LogP contribution in [0.2, 0.25) is 0 Å². The molecule has 0 saturated carbocycles. The number of carboxylic acid groups (broad SMARTS) is 1. The van der Waals surface area contributed by atoms with Gasteiger partial charge in [0.15, 0.2) is 11.6 Å². The number of nitrogens with two attached hydrogens (primary N) is 1. The molecule has 0 amide bonds. The van der Waals surface area contributed by atoms with E-state index in [-0.39, 0.29) is 10.0 Å². The lowest BCUT2D eigenvalue weighted by Crippen LogP contribution is -2.20. The van der Waals surface area contributed by atoms with Gasteiger partial charge in [0.2, 0.25) is 0 Å². The molecule has 14 heavy (non-hydrogen) atoms. The van der Waals surface area contributed by atoms with Crippen molar-refractivity contribution < 1.29 is 19.4 Å². The number of aromatic hydroxyl groups is 1. The molecule has 1 unspecified atom stereocenters. The van der Waals surface area contributed by atoms with Gasteiger partial charge in [0.25, 0.3) is 0 Å². The lowest BCUT2D eigenvalue weighted by Gasteiger charge is -2.08. The van der Waals surface area contributed by atoms with Crippen molar-refractivity contribution in [3.05, 3.63) is 28.0 Å². The van der Waals surface area contributed by atoms with Crippen molar-refractivity contribution in [3.63, 3.8) is 0 Å². The normalized spacial score (nSPS) is 12.5. The fraction of sp³-hybridized carbons (Fsp3) is 0.125. The van der Waals surface area contributed by atoms with Gasteiger partial charge in [-0.25, -0.2) is 4.39 Å². The number of halogens is 2. The van der Waals surface area contributed by atoms with Crippen LogP contribution >= 0.6 is 15.9 Å². The Bertz CT molecular complexity index is 360. The Morgan fingerprint density at radius 3 is 2.57 bits per heavy atom. The lowest BCUT2D eigenvalue weighted by molar-refractivity contribution is -0.138. The molecule has 0 aliphatic rings. The molecule has 0 fully saturated rings. The van der Waals surface area contributed by atoms with Crippen molar-refractivity contribution in [1.29, 1.82) is 0 Å². The molecule has 0 aromatic heterocycles. The Labute approximate surface area is 87.3 Å². The number of benzene rings is 1. The summed E-state index contributed by atoms with van der Waals surface area (Å²) in [5, 5.41) is 17.6. The van der Waals surface area contributed by atoms with Crippen molar-refractivity contribution in [2.75, 3.05) is 0 Å². The first-order chi connectivity index (χ1) is 6.43.